The van der Waals surface area contributed by atoms with Gasteiger partial charge in [-0.15, -0.1) is 0 Å². The van der Waals surface area contributed by atoms with E-state index in [1.54, 1.807) is 18.4 Å². The molecule has 1 aromatic heterocycles. The summed E-state index contributed by atoms with van der Waals surface area (Å²) in [5, 5.41) is 0. The molecule has 4 nitrogen and oxygen atoms in total. The van der Waals surface area contributed by atoms with Crippen molar-refractivity contribution < 1.29 is 9.53 Å². The summed E-state index contributed by atoms with van der Waals surface area (Å²) in [5.41, 5.74) is 2.06. The Labute approximate surface area is 100 Å². The molecule has 92 valence electrons. The Bertz CT molecular complexity index is 488. The molecule has 0 spiro atoms. The first kappa shape index (κ1) is 11.9. The lowest BCUT2D eigenvalue weighted by molar-refractivity contribution is -0.148. The number of aromatic nitrogens is 1. The van der Waals surface area contributed by atoms with Crippen molar-refractivity contribution in [1.29, 1.82) is 0 Å². The molecule has 0 aliphatic heterocycles. The average molecular weight is 235 g/mol. The maximum absolute atomic E-state index is 11.8. The number of rotatable bonds is 3. The molecule has 1 aliphatic rings. The van der Waals surface area contributed by atoms with E-state index in [0.29, 0.717) is 0 Å². The molecule has 0 fully saturated rings. The second-order valence-electron chi connectivity index (χ2n) is 4.62. The maximum Gasteiger partial charge on any atom is 0.326 e. The highest BCUT2D eigenvalue weighted by Crippen LogP contribution is 2.19. The molecular formula is C13H17NO3. The Hall–Kier alpha value is -1.58. The minimum absolute atomic E-state index is 0.0280. The smallest absolute Gasteiger partial charge is 0.326 e. The van der Waals surface area contributed by atoms with Gasteiger partial charge in [0.15, 0.2) is 0 Å². The Kier molecular flexibility index (Phi) is 3.31. The van der Waals surface area contributed by atoms with E-state index in [9.17, 15) is 9.59 Å². The third-order valence-electron chi connectivity index (χ3n) is 2.90. The highest BCUT2D eigenvalue weighted by Gasteiger charge is 2.18. The van der Waals surface area contributed by atoms with Gasteiger partial charge in [0.25, 0.3) is 5.56 Å². The normalized spacial score (nSPS) is 13.8. The quantitative estimate of drug-likeness (QED) is 0.742. The second kappa shape index (κ2) is 4.73. The maximum atomic E-state index is 11.8. The van der Waals surface area contributed by atoms with Gasteiger partial charge in [0.1, 0.15) is 6.54 Å². The van der Waals surface area contributed by atoms with Gasteiger partial charge in [-0.3, -0.25) is 9.59 Å². The van der Waals surface area contributed by atoms with Gasteiger partial charge in [0.05, 0.1) is 6.10 Å². The molecule has 17 heavy (non-hydrogen) atoms. The van der Waals surface area contributed by atoms with Crippen LogP contribution in [0.3, 0.4) is 0 Å². The first-order valence-electron chi connectivity index (χ1n) is 5.99. The first-order valence-corrected chi connectivity index (χ1v) is 5.99. The number of hydrogen-bond donors (Lipinski definition) is 0. The molecule has 1 aromatic rings. The van der Waals surface area contributed by atoms with Crippen molar-refractivity contribution in [1.82, 2.24) is 4.57 Å². The summed E-state index contributed by atoms with van der Waals surface area (Å²) in [6.07, 6.45) is 2.78. The molecule has 0 amide bonds. The van der Waals surface area contributed by atoms with Crippen LogP contribution in [-0.2, 0) is 28.9 Å². The lowest BCUT2D eigenvalue weighted by Crippen LogP contribution is -2.28. The molecule has 0 unspecified atom stereocenters. The largest absolute Gasteiger partial charge is 0.462 e. The Morgan fingerprint density at radius 3 is 2.88 bits per heavy atom. The Balaban J connectivity index is 2.24. The minimum Gasteiger partial charge on any atom is -0.462 e. The van der Waals surface area contributed by atoms with Crippen LogP contribution in [0.15, 0.2) is 16.9 Å². The van der Waals surface area contributed by atoms with E-state index < -0.39 is 0 Å². The lowest BCUT2D eigenvalue weighted by atomic mass is 10.2. The summed E-state index contributed by atoms with van der Waals surface area (Å²) in [5.74, 6) is -0.345. The number of fused-ring (bicyclic) bond motifs is 1. The van der Waals surface area contributed by atoms with Crippen LogP contribution in [0.1, 0.15) is 31.5 Å². The van der Waals surface area contributed by atoms with E-state index >= 15 is 0 Å². The predicted molar refractivity (Wildman–Crippen MR) is 64.0 cm³/mol. The number of hydrogen-bond acceptors (Lipinski definition) is 3. The summed E-state index contributed by atoms with van der Waals surface area (Å²) in [6.45, 7) is 3.63. The molecular weight excluding hydrogens is 218 g/mol. The van der Waals surface area contributed by atoms with Crippen molar-refractivity contribution >= 4 is 5.97 Å². The molecule has 0 aromatic carbocycles. The van der Waals surface area contributed by atoms with Crippen LogP contribution in [0, 0.1) is 0 Å². The molecule has 0 bridgehead atoms. The number of carbonyl (C=O) groups is 1. The Morgan fingerprint density at radius 2 is 2.18 bits per heavy atom. The van der Waals surface area contributed by atoms with Crippen LogP contribution in [0.25, 0.3) is 0 Å². The highest BCUT2D eigenvalue weighted by molar-refractivity contribution is 5.69. The van der Waals surface area contributed by atoms with E-state index in [1.807, 2.05) is 6.07 Å². The number of aryl methyl sites for hydroxylation is 1. The van der Waals surface area contributed by atoms with Crippen LogP contribution in [0.4, 0.5) is 0 Å². The van der Waals surface area contributed by atoms with E-state index in [-0.39, 0.29) is 24.2 Å². The molecule has 4 heteroatoms. The SMILES string of the molecule is CC(C)OC(=O)Cn1c2c(ccc1=O)CCC2. The van der Waals surface area contributed by atoms with Crippen molar-refractivity contribution in [2.75, 3.05) is 0 Å². The second-order valence-corrected chi connectivity index (χ2v) is 4.62. The number of nitrogens with zero attached hydrogens (tertiary/aromatic N) is 1. The van der Waals surface area contributed by atoms with Crippen LogP contribution >= 0.6 is 0 Å². The third kappa shape index (κ3) is 2.57. The standard InChI is InChI=1S/C13H17NO3/c1-9(2)17-13(16)8-14-11-5-3-4-10(11)6-7-12(14)15/h6-7,9H,3-5,8H2,1-2H3. The molecule has 0 atom stereocenters. The van der Waals surface area contributed by atoms with Crippen molar-refractivity contribution in [2.45, 2.75) is 45.8 Å². The van der Waals surface area contributed by atoms with Gasteiger partial charge in [-0.2, -0.15) is 0 Å². The van der Waals surface area contributed by atoms with Gasteiger partial charge in [0.2, 0.25) is 0 Å². The van der Waals surface area contributed by atoms with Gasteiger partial charge in [-0.05, 0) is 38.7 Å². The summed E-state index contributed by atoms with van der Waals surface area (Å²) in [4.78, 5) is 23.3. The monoisotopic (exact) mass is 235 g/mol. The summed E-state index contributed by atoms with van der Waals surface area (Å²) in [6, 6.07) is 3.40. The van der Waals surface area contributed by atoms with Crippen molar-refractivity contribution in [3.8, 4) is 0 Å². The average Bonchev–Trinajstić information content (AvgIpc) is 2.69. The van der Waals surface area contributed by atoms with E-state index in [1.165, 1.54) is 11.6 Å². The first-order chi connectivity index (χ1) is 8.08. The molecule has 2 rings (SSSR count). The Morgan fingerprint density at radius 1 is 1.41 bits per heavy atom. The molecule has 0 radical (unpaired) electrons. The number of carbonyl (C=O) groups excluding carboxylic acids is 1. The summed E-state index contributed by atoms with van der Waals surface area (Å²) in [7, 11) is 0. The number of pyridine rings is 1. The van der Waals surface area contributed by atoms with Crippen LogP contribution in [0.2, 0.25) is 0 Å². The van der Waals surface area contributed by atoms with Gasteiger partial charge in [-0.1, -0.05) is 6.07 Å². The summed E-state index contributed by atoms with van der Waals surface area (Å²) >= 11 is 0. The van der Waals surface area contributed by atoms with Crippen LogP contribution in [0.5, 0.6) is 0 Å². The minimum atomic E-state index is -0.345. The van der Waals surface area contributed by atoms with E-state index in [0.717, 1.165) is 25.0 Å². The third-order valence-corrected chi connectivity index (χ3v) is 2.90. The van der Waals surface area contributed by atoms with E-state index in [2.05, 4.69) is 0 Å². The highest BCUT2D eigenvalue weighted by atomic mass is 16.5. The topological polar surface area (TPSA) is 48.3 Å². The molecule has 0 saturated carbocycles. The number of ether oxygens (including phenoxy) is 1. The molecule has 1 heterocycles. The predicted octanol–water partition coefficient (Wildman–Crippen LogP) is 1.29. The fraction of sp³-hybridized carbons (Fsp3) is 0.538. The fourth-order valence-electron chi connectivity index (χ4n) is 2.24. The zero-order chi connectivity index (χ0) is 12.4. The van der Waals surface area contributed by atoms with Crippen LogP contribution < -0.4 is 5.56 Å². The van der Waals surface area contributed by atoms with Crippen LogP contribution in [-0.4, -0.2) is 16.6 Å². The number of esters is 1. The molecule has 1 aliphatic carbocycles. The van der Waals surface area contributed by atoms with Gasteiger partial charge >= 0.3 is 5.97 Å². The van der Waals surface area contributed by atoms with Crippen molar-refractivity contribution in [2.24, 2.45) is 0 Å². The van der Waals surface area contributed by atoms with Gasteiger partial charge in [-0.25, -0.2) is 0 Å². The fourth-order valence-corrected chi connectivity index (χ4v) is 2.24. The van der Waals surface area contributed by atoms with E-state index in [4.69, 9.17) is 4.74 Å². The molecule has 0 saturated heterocycles. The van der Waals surface area contributed by atoms with Gasteiger partial charge < -0.3 is 9.30 Å². The lowest BCUT2D eigenvalue weighted by Gasteiger charge is -2.12. The zero-order valence-corrected chi connectivity index (χ0v) is 10.2. The van der Waals surface area contributed by atoms with Gasteiger partial charge in [0, 0.05) is 11.8 Å². The van der Waals surface area contributed by atoms with Crippen molar-refractivity contribution in [3.05, 3.63) is 33.7 Å². The van der Waals surface area contributed by atoms with Crippen molar-refractivity contribution in [3.63, 3.8) is 0 Å². The molecule has 0 N–H and O–H groups in total. The summed E-state index contributed by atoms with van der Waals surface area (Å²) < 4.78 is 6.62. The zero-order valence-electron chi connectivity index (χ0n) is 10.2.